The van der Waals surface area contributed by atoms with Crippen LogP contribution in [0, 0.1) is 5.92 Å². The van der Waals surface area contributed by atoms with Gasteiger partial charge in [-0.3, -0.25) is 4.79 Å². The first kappa shape index (κ1) is 7.58. The van der Waals surface area contributed by atoms with Gasteiger partial charge in [-0.1, -0.05) is 20.3 Å². The minimum atomic E-state index is -0.0223. The third-order valence-corrected chi connectivity index (χ3v) is 1.98. The van der Waals surface area contributed by atoms with Gasteiger partial charge < -0.3 is 4.74 Å². The van der Waals surface area contributed by atoms with Crippen molar-refractivity contribution >= 4 is 5.97 Å². The molecule has 0 radical (unpaired) electrons. The zero-order valence-corrected chi connectivity index (χ0v) is 6.59. The first-order valence-corrected chi connectivity index (χ1v) is 3.93. The molecule has 0 aliphatic carbocycles. The van der Waals surface area contributed by atoms with E-state index < -0.39 is 0 Å². The standard InChI is InChI=1S/C8H14O2/c1-3-4-7-6(2)5-8(9)10-7/h6-7H,3-5H2,1-2H3/t6?,7-/m0/s1. The molecule has 10 heavy (non-hydrogen) atoms. The molecule has 0 spiro atoms. The van der Waals surface area contributed by atoms with Gasteiger partial charge in [0.05, 0.1) is 6.42 Å². The van der Waals surface area contributed by atoms with Crippen LogP contribution < -0.4 is 0 Å². The maximum atomic E-state index is 10.7. The molecule has 0 aromatic heterocycles. The summed E-state index contributed by atoms with van der Waals surface area (Å²) < 4.78 is 5.08. The summed E-state index contributed by atoms with van der Waals surface area (Å²) in [5.74, 6) is 0.415. The molecule has 0 N–H and O–H groups in total. The van der Waals surface area contributed by atoms with Crippen molar-refractivity contribution in [1.29, 1.82) is 0 Å². The van der Waals surface area contributed by atoms with Crippen LogP contribution in [0.15, 0.2) is 0 Å². The maximum Gasteiger partial charge on any atom is 0.306 e. The Morgan fingerprint density at radius 1 is 1.70 bits per heavy atom. The van der Waals surface area contributed by atoms with Gasteiger partial charge in [-0.15, -0.1) is 0 Å². The van der Waals surface area contributed by atoms with Gasteiger partial charge in [-0.25, -0.2) is 0 Å². The molecule has 58 valence electrons. The fourth-order valence-corrected chi connectivity index (χ4v) is 1.36. The highest BCUT2D eigenvalue weighted by Gasteiger charge is 2.29. The van der Waals surface area contributed by atoms with Crippen molar-refractivity contribution in [1.82, 2.24) is 0 Å². The number of rotatable bonds is 2. The Hall–Kier alpha value is -0.530. The van der Waals surface area contributed by atoms with E-state index in [2.05, 4.69) is 13.8 Å². The highest BCUT2D eigenvalue weighted by atomic mass is 16.5. The molecule has 0 saturated carbocycles. The van der Waals surface area contributed by atoms with Crippen LogP contribution in [-0.2, 0) is 9.53 Å². The Morgan fingerprint density at radius 2 is 2.40 bits per heavy atom. The van der Waals surface area contributed by atoms with Crippen LogP contribution in [0.1, 0.15) is 33.1 Å². The maximum absolute atomic E-state index is 10.7. The number of cyclic esters (lactones) is 1. The lowest BCUT2D eigenvalue weighted by atomic mass is 10.0. The molecule has 1 unspecified atom stereocenters. The van der Waals surface area contributed by atoms with Crippen LogP contribution in [0.5, 0.6) is 0 Å². The molecule has 0 aromatic rings. The van der Waals surface area contributed by atoms with E-state index in [4.69, 9.17) is 4.74 Å². The van der Waals surface area contributed by atoms with Crippen LogP contribution in [0.25, 0.3) is 0 Å². The van der Waals surface area contributed by atoms with E-state index in [1.54, 1.807) is 0 Å². The number of carbonyl (C=O) groups excluding carboxylic acids is 1. The Labute approximate surface area is 61.6 Å². The van der Waals surface area contributed by atoms with Gasteiger partial charge in [0.1, 0.15) is 6.10 Å². The number of hydrogen-bond acceptors (Lipinski definition) is 2. The van der Waals surface area contributed by atoms with Crippen molar-refractivity contribution in [2.75, 3.05) is 0 Å². The van der Waals surface area contributed by atoms with Crippen molar-refractivity contribution in [3.63, 3.8) is 0 Å². The van der Waals surface area contributed by atoms with Gasteiger partial charge in [0, 0.05) is 5.92 Å². The van der Waals surface area contributed by atoms with Crippen molar-refractivity contribution in [3.8, 4) is 0 Å². The number of ether oxygens (including phenoxy) is 1. The third-order valence-electron chi connectivity index (χ3n) is 1.98. The van der Waals surface area contributed by atoms with Crippen LogP contribution in [0.3, 0.4) is 0 Å². The summed E-state index contributed by atoms with van der Waals surface area (Å²) in [6.45, 7) is 4.18. The lowest BCUT2D eigenvalue weighted by Gasteiger charge is -2.10. The predicted octanol–water partition coefficient (Wildman–Crippen LogP) is 1.74. The Kier molecular flexibility index (Phi) is 2.30. The molecule has 2 heteroatoms. The highest BCUT2D eigenvalue weighted by molar-refractivity contribution is 5.71. The molecule has 1 aliphatic heterocycles. The van der Waals surface area contributed by atoms with Crippen molar-refractivity contribution in [3.05, 3.63) is 0 Å². The molecule has 1 fully saturated rings. The molecule has 0 aromatic carbocycles. The normalized spacial score (nSPS) is 32.4. The lowest BCUT2D eigenvalue weighted by Crippen LogP contribution is -2.12. The minimum absolute atomic E-state index is 0.0223. The zero-order chi connectivity index (χ0) is 7.56. The zero-order valence-electron chi connectivity index (χ0n) is 6.59. The highest BCUT2D eigenvalue weighted by Crippen LogP contribution is 2.24. The second-order valence-corrected chi connectivity index (χ2v) is 3.00. The largest absolute Gasteiger partial charge is 0.462 e. The number of hydrogen-bond donors (Lipinski definition) is 0. The van der Waals surface area contributed by atoms with Gasteiger partial charge in [0.25, 0.3) is 0 Å². The van der Waals surface area contributed by atoms with Gasteiger partial charge in [0.15, 0.2) is 0 Å². The molecule has 0 amide bonds. The monoisotopic (exact) mass is 142 g/mol. The second kappa shape index (κ2) is 3.04. The van der Waals surface area contributed by atoms with Gasteiger partial charge in [0.2, 0.25) is 0 Å². The molecular weight excluding hydrogens is 128 g/mol. The van der Waals surface area contributed by atoms with Crippen molar-refractivity contribution < 1.29 is 9.53 Å². The van der Waals surface area contributed by atoms with Crippen LogP contribution in [-0.4, -0.2) is 12.1 Å². The molecule has 1 saturated heterocycles. The first-order chi connectivity index (χ1) is 4.74. The van der Waals surface area contributed by atoms with E-state index >= 15 is 0 Å². The van der Waals surface area contributed by atoms with Crippen molar-refractivity contribution in [2.45, 2.75) is 39.2 Å². The van der Waals surface area contributed by atoms with E-state index in [0.717, 1.165) is 12.8 Å². The van der Waals surface area contributed by atoms with Crippen LogP contribution >= 0.6 is 0 Å². The summed E-state index contributed by atoms with van der Waals surface area (Å²) in [6, 6.07) is 0. The van der Waals surface area contributed by atoms with E-state index in [1.165, 1.54) is 0 Å². The molecule has 1 heterocycles. The first-order valence-electron chi connectivity index (χ1n) is 3.93. The van der Waals surface area contributed by atoms with Gasteiger partial charge >= 0.3 is 5.97 Å². The Morgan fingerprint density at radius 3 is 2.80 bits per heavy atom. The summed E-state index contributed by atoms with van der Waals surface area (Å²) in [7, 11) is 0. The van der Waals surface area contributed by atoms with E-state index in [9.17, 15) is 4.79 Å². The number of carbonyl (C=O) groups is 1. The summed E-state index contributed by atoms with van der Waals surface area (Å²) in [6.07, 6.45) is 2.94. The van der Waals surface area contributed by atoms with Crippen LogP contribution in [0.4, 0.5) is 0 Å². The average Bonchev–Trinajstić information content (AvgIpc) is 2.13. The Balaban J connectivity index is 2.38. The van der Waals surface area contributed by atoms with Gasteiger partial charge in [-0.05, 0) is 6.42 Å². The SMILES string of the molecule is CCC[C@@H]1OC(=O)CC1C. The quantitative estimate of drug-likeness (QED) is 0.549. The van der Waals surface area contributed by atoms with E-state index in [1.807, 2.05) is 0 Å². The number of esters is 1. The van der Waals surface area contributed by atoms with Crippen LogP contribution in [0.2, 0.25) is 0 Å². The molecule has 1 rings (SSSR count). The summed E-state index contributed by atoms with van der Waals surface area (Å²) >= 11 is 0. The fraction of sp³-hybridized carbons (Fsp3) is 0.875. The van der Waals surface area contributed by atoms with Gasteiger partial charge in [-0.2, -0.15) is 0 Å². The topological polar surface area (TPSA) is 26.3 Å². The summed E-state index contributed by atoms with van der Waals surface area (Å²) in [4.78, 5) is 10.7. The van der Waals surface area contributed by atoms with Crippen molar-refractivity contribution in [2.24, 2.45) is 5.92 Å². The van der Waals surface area contributed by atoms with E-state index in [-0.39, 0.29) is 12.1 Å². The Bertz CT molecular complexity index is 131. The minimum Gasteiger partial charge on any atom is -0.462 e. The average molecular weight is 142 g/mol. The summed E-state index contributed by atoms with van der Waals surface area (Å²) in [5, 5.41) is 0. The molecule has 2 nitrogen and oxygen atoms in total. The summed E-state index contributed by atoms with van der Waals surface area (Å²) in [5.41, 5.74) is 0. The predicted molar refractivity (Wildman–Crippen MR) is 38.6 cm³/mol. The van der Waals surface area contributed by atoms with E-state index in [0.29, 0.717) is 12.3 Å². The molecule has 1 aliphatic rings. The second-order valence-electron chi connectivity index (χ2n) is 3.00. The lowest BCUT2D eigenvalue weighted by molar-refractivity contribution is -0.141. The third kappa shape index (κ3) is 1.49. The smallest absolute Gasteiger partial charge is 0.306 e. The molecule has 0 bridgehead atoms. The molecular formula is C8H14O2. The molecule has 2 atom stereocenters. The fourth-order valence-electron chi connectivity index (χ4n) is 1.36.